The van der Waals surface area contributed by atoms with Crippen molar-refractivity contribution in [1.29, 1.82) is 0 Å². The predicted octanol–water partition coefficient (Wildman–Crippen LogP) is 2.97. The first-order valence-corrected chi connectivity index (χ1v) is 6.81. The molecule has 1 aromatic rings. The molecule has 1 aromatic heterocycles. The van der Waals surface area contributed by atoms with Crippen LogP contribution in [0.2, 0.25) is 5.28 Å². The zero-order valence-electron chi connectivity index (χ0n) is 11.7. The molecule has 0 atom stereocenters. The van der Waals surface area contributed by atoms with Gasteiger partial charge in [0.2, 0.25) is 5.28 Å². The molecule has 0 saturated heterocycles. The number of anilines is 1. The van der Waals surface area contributed by atoms with Crippen LogP contribution in [0.4, 0.5) is 5.82 Å². The Morgan fingerprint density at radius 3 is 2.78 bits per heavy atom. The van der Waals surface area contributed by atoms with Gasteiger partial charge in [0.15, 0.2) is 0 Å². The summed E-state index contributed by atoms with van der Waals surface area (Å²) in [7, 11) is 2.16. The fraction of sp³-hybridized carbons (Fsp3) is 0.692. The standard InChI is InChI=1S/C13H23ClN4/c1-10(2)18(4)8-6-5-7-15-12-11(3)9-16-13(14)17-12/h9-10H,5-8H2,1-4H3,(H,15,16,17). The third-order valence-electron chi connectivity index (χ3n) is 3.05. The van der Waals surface area contributed by atoms with Crippen LogP contribution in [0.5, 0.6) is 0 Å². The normalized spacial score (nSPS) is 11.3. The Morgan fingerprint density at radius 2 is 2.11 bits per heavy atom. The Hall–Kier alpha value is -0.870. The van der Waals surface area contributed by atoms with Gasteiger partial charge in [-0.1, -0.05) is 0 Å². The van der Waals surface area contributed by atoms with Gasteiger partial charge in [0.05, 0.1) is 0 Å². The van der Waals surface area contributed by atoms with Gasteiger partial charge in [-0.3, -0.25) is 0 Å². The first-order valence-electron chi connectivity index (χ1n) is 6.44. The van der Waals surface area contributed by atoms with Gasteiger partial charge in [0.1, 0.15) is 5.82 Å². The number of aromatic nitrogens is 2. The number of aryl methyl sites for hydroxylation is 1. The smallest absolute Gasteiger partial charge is 0.224 e. The lowest BCUT2D eigenvalue weighted by Crippen LogP contribution is -2.27. The van der Waals surface area contributed by atoms with Crippen LogP contribution in [-0.2, 0) is 0 Å². The van der Waals surface area contributed by atoms with E-state index >= 15 is 0 Å². The van der Waals surface area contributed by atoms with Crippen molar-refractivity contribution < 1.29 is 0 Å². The minimum atomic E-state index is 0.294. The summed E-state index contributed by atoms with van der Waals surface area (Å²) in [5.41, 5.74) is 1.03. The summed E-state index contributed by atoms with van der Waals surface area (Å²) in [6.07, 6.45) is 4.04. The Balaban J connectivity index is 2.24. The minimum Gasteiger partial charge on any atom is -0.370 e. The number of rotatable bonds is 7. The molecule has 0 aliphatic carbocycles. The Kier molecular flexibility index (Phi) is 6.36. The molecular weight excluding hydrogens is 248 g/mol. The van der Waals surface area contributed by atoms with Crippen LogP contribution in [0.3, 0.4) is 0 Å². The maximum atomic E-state index is 5.76. The van der Waals surface area contributed by atoms with Crippen molar-refractivity contribution >= 4 is 17.4 Å². The molecule has 0 aliphatic rings. The van der Waals surface area contributed by atoms with Gasteiger partial charge in [-0.25, -0.2) is 9.97 Å². The van der Waals surface area contributed by atoms with E-state index in [1.807, 2.05) is 6.92 Å². The molecule has 0 fully saturated rings. The zero-order chi connectivity index (χ0) is 13.5. The van der Waals surface area contributed by atoms with E-state index in [0.29, 0.717) is 11.3 Å². The lowest BCUT2D eigenvalue weighted by molar-refractivity contribution is 0.269. The van der Waals surface area contributed by atoms with Crippen LogP contribution in [0.15, 0.2) is 6.20 Å². The highest BCUT2D eigenvalue weighted by Crippen LogP contribution is 2.12. The third kappa shape index (κ3) is 5.19. The van der Waals surface area contributed by atoms with Crippen molar-refractivity contribution in [1.82, 2.24) is 14.9 Å². The first kappa shape index (κ1) is 15.2. The van der Waals surface area contributed by atoms with Crippen LogP contribution >= 0.6 is 11.6 Å². The van der Waals surface area contributed by atoms with E-state index in [-0.39, 0.29) is 0 Å². The monoisotopic (exact) mass is 270 g/mol. The quantitative estimate of drug-likeness (QED) is 0.611. The molecule has 1 heterocycles. The van der Waals surface area contributed by atoms with Gasteiger partial charge in [0, 0.05) is 24.3 Å². The third-order valence-corrected chi connectivity index (χ3v) is 3.24. The minimum absolute atomic E-state index is 0.294. The van der Waals surface area contributed by atoms with Gasteiger partial charge < -0.3 is 10.2 Å². The Labute approximate surface area is 115 Å². The molecule has 1 rings (SSSR count). The molecule has 0 bridgehead atoms. The Bertz CT molecular complexity index is 368. The van der Waals surface area contributed by atoms with Crippen molar-refractivity contribution in [3.8, 4) is 0 Å². The van der Waals surface area contributed by atoms with E-state index in [4.69, 9.17) is 11.6 Å². The van der Waals surface area contributed by atoms with Gasteiger partial charge in [0.25, 0.3) is 0 Å². The van der Waals surface area contributed by atoms with Gasteiger partial charge in [-0.05, 0) is 58.8 Å². The summed E-state index contributed by atoms with van der Waals surface area (Å²) in [5.74, 6) is 0.840. The molecule has 5 heteroatoms. The van der Waals surface area contributed by atoms with Crippen molar-refractivity contribution in [3.05, 3.63) is 17.0 Å². The van der Waals surface area contributed by atoms with Crippen LogP contribution in [0, 0.1) is 6.92 Å². The maximum absolute atomic E-state index is 5.76. The van der Waals surface area contributed by atoms with Crippen LogP contribution in [0.25, 0.3) is 0 Å². The van der Waals surface area contributed by atoms with E-state index in [1.165, 1.54) is 6.42 Å². The zero-order valence-corrected chi connectivity index (χ0v) is 12.5. The van der Waals surface area contributed by atoms with Crippen molar-refractivity contribution in [2.45, 2.75) is 39.7 Å². The van der Waals surface area contributed by atoms with E-state index < -0.39 is 0 Å². The summed E-state index contributed by atoms with van der Waals surface area (Å²) in [5, 5.41) is 3.60. The average molecular weight is 271 g/mol. The number of halogens is 1. The van der Waals surface area contributed by atoms with E-state index in [1.54, 1.807) is 6.20 Å². The molecule has 0 aromatic carbocycles. The molecule has 4 nitrogen and oxygen atoms in total. The molecule has 0 saturated carbocycles. The molecule has 0 unspecified atom stereocenters. The van der Waals surface area contributed by atoms with Crippen LogP contribution in [-0.4, -0.2) is 41.0 Å². The maximum Gasteiger partial charge on any atom is 0.224 e. The number of nitrogens with one attached hydrogen (secondary N) is 1. The van der Waals surface area contributed by atoms with Crippen LogP contribution in [0.1, 0.15) is 32.3 Å². The fourth-order valence-electron chi connectivity index (χ4n) is 1.55. The summed E-state index contributed by atoms with van der Waals surface area (Å²) in [6.45, 7) is 8.45. The van der Waals surface area contributed by atoms with Gasteiger partial charge in [-0.2, -0.15) is 0 Å². The molecular formula is C13H23ClN4. The summed E-state index contributed by atoms with van der Waals surface area (Å²) >= 11 is 5.76. The largest absolute Gasteiger partial charge is 0.370 e. The second-order valence-electron chi connectivity index (χ2n) is 4.88. The lowest BCUT2D eigenvalue weighted by atomic mass is 10.2. The second-order valence-corrected chi connectivity index (χ2v) is 5.22. The molecule has 0 aliphatic heterocycles. The molecule has 0 radical (unpaired) electrons. The van der Waals surface area contributed by atoms with Gasteiger partial charge in [-0.15, -0.1) is 0 Å². The first-order chi connectivity index (χ1) is 8.50. The lowest BCUT2D eigenvalue weighted by Gasteiger charge is -2.20. The number of nitrogens with zero attached hydrogens (tertiary/aromatic N) is 3. The molecule has 0 amide bonds. The van der Waals surface area contributed by atoms with E-state index in [2.05, 4.69) is 41.1 Å². The van der Waals surface area contributed by atoms with Crippen molar-refractivity contribution in [3.63, 3.8) is 0 Å². The average Bonchev–Trinajstić information content (AvgIpc) is 2.32. The number of hydrogen-bond acceptors (Lipinski definition) is 4. The SMILES string of the molecule is Cc1cnc(Cl)nc1NCCCCN(C)C(C)C. The number of hydrogen-bond donors (Lipinski definition) is 1. The molecule has 1 N–H and O–H groups in total. The number of unbranched alkanes of at least 4 members (excludes halogenated alkanes) is 1. The van der Waals surface area contributed by atoms with Gasteiger partial charge >= 0.3 is 0 Å². The van der Waals surface area contributed by atoms with Crippen molar-refractivity contribution in [2.24, 2.45) is 0 Å². The van der Waals surface area contributed by atoms with E-state index in [0.717, 1.165) is 30.9 Å². The molecule has 18 heavy (non-hydrogen) atoms. The Morgan fingerprint density at radius 1 is 1.39 bits per heavy atom. The summed E-state index contributed by atoms with van der Waals surface area (Å²) in [6, 6.07) is 0.612. The fourth-order valence-corrected chi connectivity index (χ4v) is 1.68. The highest BCUT2D eigenvalue weighted by atomic mass is 35.5. The molecule has 102 valence electrons. The highest BCUT2D eigenvalue weighted by Gasteiger charge is 2.03. The van der Waals surface area contributed by atoms with Crippen LogP contribution < -0.4 is 5.32 Å². The summed E-state index contributed by atoms with van der Waals surface area (Å²) in [4.78, 5) is 10.5. The van der Waals surface area contributed by atoms with E-state index in [9.17, 15) is 0 Å². The summed E-state index contributed by atoms with van der Waals surface area (Å²) < 4.78 is 0. The highest BCUT2D eigenvalue weighted by molar-refractivity contribution is 6.28. The topological polar surface area (TPSA) is 41.1 Å². The van der Waals surface area contributed by atoms with Crippen molar-refractivity contribution in [2.75, 3.05) is 25.5 Å². The predicted molar refractivity (Wildman–Crippen MR) is 77.3 cm³/mol. The molecule has 0 spiro atoms. The second kappa shape index (κ2) is 7.54.